The molecule has 0 unspecified atom stereocenters. The van der Waals surface area contributed by atoms with Crippen LogP contribution in [0.1, 0.15) is 5.56 Å². The van der Waals surface area contributed by atoms with Gasteiger partial charge in [0.05, 0.1) is 17.6 Å². The summed E-state index contributed by atoms with van der Waals surface area (Å²) in [6.45, 7) is 0.657. The van der Waals surface area contributed by atoms with Crippen molar-refractivity contribution < 1.29 is 8.42 Å². The molecule has 0 saturated heterocycles. The molecule has 1 aromatic carbocycles. The van der Waals surface area contributed by atoms with Crippen molar-refractivity contribution in [3.63, 3.8) is 0 Å². The fraction of sp³-hybridized carbons (Fsp3) is 0.167. The monoisotopic (exact) mass is 384 g/mol. The zero-order valence-corrected chi connectivity index (χ0v) is 15.4. The number of nitrogens with one attached hydrogen (secondary N) is 3. The van der Waals surface area contributed by atoms with Crippen molar-refractivity contribution in [2.24, 2.45) is 0 Å². The van der Waals surface area contributed by atoms with E-state index < -0.39 is 10.0 Å². The maximum atomic E-state index is 12.0. The quantitative estimate of drug-likeness (QED) is 0.485. The SMILES string of the molecule is O=S(=O)(Cc1ccccc1)NCCNc1ccc(Nc2cccnc2)nn1. The number of hydrogen-bond acceptors (Lipinski definition) is 7. The molecule has 0 fully saturated rings. The van der Waals surface area contributed by atoms with E-state index in [2.05, 4.69) is 30.5 Å². The maximum Gasteiger partial charge on any atom is 0.215 e. The third-order valence-electron chi connectivity index (χ3n) is 3.55. The largest absolute Gasteiger partial charge is 0.367 e. The standard InChI is InChI=1S/C18H20N6O2S/c25-27(26,14-15-5-2-1-3-6-15)21-12-11-20-17-8-9-18(24-23-17)22-16-7-4-10-19-13-16/h1-10,13,21H,11-12,14H2,(H,20,23)(H,22,24). The third-order valence-corrected chi connectivity index (χ3v) is 4.91. The van der Waals surface area contributed by atoms with Gasteiger partial charge in [0, 0.05) is 19.3 Å². The second-order valence-electron chi connectivity index (χ2n) is 5.74. The van der Waals surface area contributed by atoms with Crippen molar-refractivity contribution in [2.45, 2.75) is 5.75 Å². The van der Waals surface area contributed by atoms with Gasteiger partial charge in [-0.2, -0.15) is 0 Å². The normalized spacial score (nSPS) is 11.1. The van der Waals surface area contributed by atoms with Crippen LogP contribution in [-0.2, 0) is 15.8 Å². The molecule has 9 heteroatoms. The van der Waals surface area contributed by atoms with Gasteiger partial charge in [0.15, 0.2) is 5.82 Å². The van der Waals surface area contributed by atoms with Crippen molar-refractivity contribution in [1.29, 1.82) is 0 Å². The number of aromatic nitrogens is 3. The lowest BCUT2D eigenvalue weighted by Crippen LogP contribution is -2.30. The highest BCUT2D eigenvalue weighted by atomic mass is 32.2. The molecule has 0 saturated carbocycles. The Kier molecular flexibility index (Phi) is 6.29. The smallest absolute Gasteiger partial charge is 0.215 e. The summed E-state index contributed by atoms with van der Waals surface area (Å²) < 4.78 is 26.7. The van der Waals surface area contributed by atoms with Crippen molar-refractivity contribution in [2.75, 3.05) is 23.7 Å². The summed E-state index contributed by atoms with van der Waals surface area (Å²) in [6.07, 6.45) is 3.38. The van der Waals surface area contributed by atoms with Gasteiger partial charge >= 0.3 is 0 Å². The first-order chi connectivity index (χ1) is 13.1. The summed E-state index contributed by atoms with van der Waals surface area (Å²) in [5, 5.41) is 14.2. The van der Waals surface area contributed by atoms with Crippen LogP contribution in [0, 0.1) is 0 Å². The molecule has 0 amide bonds. The maximum absolute atomic E-state index is 12.0. The summed E-state index contributed by atoms with van der Waals surface area (Å²) in [5.41, 5.74) is 1.57. The van der Waals surface area contributed by atoms with Gasteiger partial charge < -0.3 is 10.6 Å². The van der Waals surface area contributed by atoms with Crippen LogP contribution in [0.2, 0.25) is 0 Å². The van der Waals surface area contributed by atoms with Crippen molar-refractivity contribution in [1.82, 2.24) is 19.9 Å². The van der Waals surface area contributed by atoms with Crippen molar-refractivity contribution in [3.05, 3.63) is 72.6 Å². The molecule has 3 aromatic rings. The Balaban J connectivity index is 1.42. The number of nitrogens with zero attached hydrogens (tertiary/aromatic N) is 3. The first-order valence-electron chi connectivity index (χ1n) is 8.37. The lowest BCUT2D eigenvalue weighted by Gasteiger charge is -2.09. The fourth-order valence-electron chi connectivity index (χ4n) is 2.32. The van der Waals surface area contributed by atoms with Gasteiger partial charge in [0.25, 0.3) is 0 Å². The molecule has 2 heterocycles. The molecule has 0 bridgehead atoms. The molecular weight excluding hydrogens is 364 g/mol. The van der Waals surface area contributed by atoms with Crippen molar-refractivity contribution >= 4 is 27.3 Å². The van der Waals surface area contributed by atoms with E-state index in [1.807, 2.05) is 30.3 Å². The highest BCUT2D eigenvalue weighted by Gasteiger charge is 2.10. The summed E-state index contributed by atoms with van der Waals surface area (Å²) in [4.78, 5) is 4.02. The Bertz CT molecular complexity index is 935. The zero-order valence-electron chi connectivity index (χ0n) is 14.5. The van der Waals surface area contributed by atoms with Gasteiger partial charge in [-0.1, -0.05) is 30.3 Å². The van der Waals surface area contributed by atoms with E-state index in [1.54, 1.807) is 36.7 Å². The predicted octanol–water partition coefficient (Wildman–Crippen LogP) is 2.15. The molecule has 140 valence electrons. The molecule has 8 nitrogen and oxygen atoms in total. The molecule has 2 aromatic heterocycles. The minimum absolute atomic E-state index is 0.0393. The Hall–Kier alpha value is -3.04. The van der Waals surface area contributed by atoms with E-state index in [1.165, 1.54) is 0 Å². The Labute approximate surface area is 158 Å². The highest BCUT2D eigenvalue weighted by Crippen LogP contribution is 2.12. The summed E-state index contributed by atoms with van der Waals surface area (Å²) >= 11 is 0. The summed E-state index contributed by atoms with van der Waals surface area (Å²) in [7, 11) is -3.37. The average Bonchev–Trinajstić information content (AvgIpc) is 2.68. The first-order valence-corrected chi connectivity index (χ1v) is 10.0. The van der Waals surface area contributed by atoms with Gasteiger partial charge in [-0.15, -0.1) is 10.2 Å². The number of pyridine rings is 1. The average molecular weight is 384 g/mol. The van der Waals surface area contributed by atoms with Gasteiger partial charge in [-0.3, -0.25) is 4.98 Å². The van der Waals surface area contributed by atoms with E-state index >= 15 is 0 Å². The molecule has 0 spiro atoms. The minimum atomic E-state index is -3.37. The molecule has 0 atom stereocenters. The van der Waals surface area contributed by atoms with Crippen LogP contribution in [0.3, 0.4) is 0 Å². The minimum Gasteiger partial charge on any atom is -0.367 e. The van der Waals surface area contributed by atoms with Gasteiger partial charge in [0.1, 0.15) is 5.82 Å². The van der Waals surface area contributed by atoms with Crippen LogP contribution in [0.15, 0.2) is 67.0 Å². The van der Waals surface area contributed by atoms with E-state index in [-0.39, 0.29) is 12.3 Å². The summed E-state index contributed by atoms with van der Waals surface area (Å²) in [6, 6.07) is 16.3. The zero-order chi connectivity index (χ0) is 19.0. The van der Waals surface area contributed by atoms with Crippen molar-refractivity contribution in [3.8, 4) is 0 Å². The highest BCUT2D eigenvalue weighted by molar-refractivity contribution is 7.88. The van der Waals surface area contributed by atoms with Crippen LogP contribution in [0.5, 0.6) is 0 Å². The fourth-order valence-corrected chi connectivity index (χ4v) is 3.47. The third kappa shape index (κ3) is 6.32. The lowest BCUT2D eigenvalue weighted by atomic mass is 10.2. The van der Waals surface area contributed by atoms with Gasteiger partial charge in [-0.05, 0) is 29.8 Å². The number of anilines is 3. The molecule has 3 N–H and O–H groups in total. The van der Waals surface area contributed by atoms with Gasteiger partial charge in [-0.25, -0.2) is 13.1 Å². The number of rotatable bonds is 9. The van der Waals surface area contributed by atoms with E-state index in [0.717, 1.165) is 11.3 Å². The molecule has 0 aliphatic rings. The van der Waals surface area contributed by atoms with Crippen LogP contribution in [-0.4, -0.2) is 36.7 Å². The van der Waals surface area contributed by atoms with E-state index in [4.69, 9.17) is 0 Å². The predicted molar refractivity (Wildman–Crippen MR) is 105 cm³/mol. The lowest BCUT2D eigenvalue weighted by molar-refractivity contribution is 0.582. The van der Waals surface area contributed by atoms with Gasteiger partial charge in [0.2, 0.25) is 10.0 Å². The molecule has 0 radical (unpaired) electrons. The first kappa shape index (κ1) is 18.7. The van der Waals surface area contributed by atoms with Crippen LogP contribution >= 0.6 is 0 Å². The van der Waals surface area contributed by atoms with Crippen LogP contribution in [0.4, 0.5) is 17.3 Å². The number of benzene rings is 1. The second kappa shape index (κ2) is 9.06. The Morgan fingerprint density at radius 1 is 0.852 bits per heavy atom. The van der Waals surface area contributed by atoms with E-state index in [9.17, 15) is 8.42 Å². The Morgan fingerprint density at radius 3 is 2.33 bits per heavy atom. The molecular formula is C18H20N6O2S. The number of hydrogen-bond donors (Lipinski definition) is 3. The summed E-state index contributed by atoms with van der Waals surface area (Å²) in [5.74, 6) is 1.12. The molecule has 27 heavy (non-hydrogen) atoms. The Morgan fingerprint density at radius 2 is 1.63 bits per heavy atom. The molecule has 0 aliphatic heterocycles. The van der Waals surface area contributed by atoms with Crippen LogP contribution in [0.25, 0.3) is 0 Å². The second-order valence-corrected chi connectivity index (χ2v) is 7.54. The van der Waals surface area contributed by atoms with Crippen LogP contribution < -0.4 is 15.4 Å². The molecule has 0 aliphatic carbocycles. The topological polar surface area (TPSA) is 109 Å². The van der Waals surface area contributed by atoms with E-state index in [0.29, 0.717) is 18.2 Å². The molecule has 3 rings (SSSR count). The number of sulfonamides is 1.